The highest BCUT2D eigenvalue weighted by molar-refractivity contribution is 6.30. The predicted octanol–water partition coefficient (Wildman–Crippen LogP) is 0.903. The molecule has 10 heteroatoms. The first kappa shape index (κ1) is 21.6. The van der Waals surface area contributed by atoms with Crippen LogP contribution in [0.4, 0.5) is 11.5 Å². The number of halogens is 1. The van der Waals surface area contributed by atoms with Gasteiger partial charge in [0.1, 0.15) is 12.4 Å². The van der Waals surface area contributed by atoms with Crippen molar-refractivity contribution in [2.45, 2.75) is 13.0 Å². The first-order valence-electron chi connectivity index (χ1n) is 9.63. The maximum absolute atomic E-state index is 12.1. The molecule has 1 aliphatic heterocycles. The second-order valence-electron chi connectivity index (χ2n) is 6.82. The standard InChI is InChI=1S/C20H24ClN5O4/c1-30-20(29)7-8-22-18(27)14-26-19(28)6-5-17(23-26)25-11-9-24(10-12-25)16-4-2-3-15(21)13-16/h2-6,13H,7-12,14H2,1H3,(H,22,27). The number of carbonyl (C=O) groups excluding carboxylic acids is 2. The molecule has 0 spiro atoms. The number of piperazine rings is 1. The molecular weight excluding hydrogens is 410 g/mol. The highest BCUT2D eigenvalue weighted by Gasteiger charge is 2.19. The molecule has 160 valence electrons. The van der Waals surface area contributed by atoms with Crippen LogP contribution < -0.4 is 20.7 Å². The summed E-state index contributed by atoms with van der Waals surface area (Å²) in [6, 6.07) is 10.8. The fraction of sp³-hybridized carbons (Fsp3) is 0.400. The van der Waals surface area contributed by atoms with Crippen LogP contribution in [0, 0.1) is 0 Å². The van der Waals surface area contributed by atoms with Crippen molar-refractivity contribution >= 4 is 35.0 Å². The molecule has 0 saturated carbocycles. The van der Waals surface area contributed by atoms with Gasteiger partial charge in [0.25, 0.3) is 5.56 Å². The number of anilines is 2. The van der Waals surface area contributed by atoms with Crippen LogP contribution in [0.2, 0.25) is 5.02 Å². The third-order valence-corrected chi connectivity index (χ3v) is 5.04. The molecule has 1 N–H and O–H groups in total. The van der Waals surface area contributed by atoms with Crippen molar-refractivity contribution in [3.8, 4) is 0 Å². The van der Waals surface area contributed by atoms with Crippen LogP contribution in [0.3, 0.4) is 0 Å². The minimum absolute atomic E-state index is 0.0709. The Morgan fingerprint density at radius 1 is 1.13 bits per heavy atom. The molecule has 0 radical (unpaired) electrons. The van der Waals surface area contributed by atoms with Gasteiger partial charge in [0.05, 0.1) is 13.5 Å². The summed E-state index contributed by atoms with van der Waals surface area (Å²) in [5.41, 5.74) is 0.711. The number of rotatable bonds is 7. The van der Waals surface area contributed by atoms with Crippen molar-refractivity contribution in [1.82, 2.24) is 15.1 Å². The summed E-state index contributed by atoms with van der Waals surface area (Å²) in [5, 5.41) is 7.63. The SMILES string of the molecule is COC(=O)CCNC(=O)Cn1nc(N2CCN(c3cccc(Cl)c3)CC2)ccc1=O. The maximum atomic E-state index is 12.1. The van der Waals surface area contributed by atoms with Gasteiger partial charge < -0.3 is 19.9 Å². The maximum Gasteiger partial charge on any atom is 0.307 e. The number of aromatic nitrogens is 2. The normalized spacial score (nSPS) is 13.8. The van der Waals surface area contributed by atoms with Gasteiger partial charge in [-0.3, -0.25) is 14.4 Å². The third kappa shape index (κ3) is 5.73. The van der Waals surface area contributed by atoms with E-state index < -0.39 is 11.9 Å². The topological polar surface area (TPSA) is 96.8 Å². The van der Waals surface area contributed by atoms with E-state index in [4.69, 9.17) is 11.6 Å². The number of hydrogen-bond donors (Lipinski definition) is 1. The predicted molar refractivity (Wildman–Crippen MR) is 114 cm³/mol. The quantitative estimate of drug-likeness (QED) is 0.648. The second kappa shape index (κ2) is 10.1. The van der Waals surface area contributed by atoms with Gasteiger partial charge in [0.2, 0.25) is 5.91 Å². The molecule has 0 aliphatic carbocycles. The monoisotopic (exact) mass is 433 g/mol. The number of hydrogen-bond acceptors (Lipinski definition) is 7. The lowest BCUT2D eigenvalue weighted by atomic mass is 10.2. The smallest absolute Gasteiger partial charge is 0.307 e. The van der Waals surface area contributed by atoms with Crippen molar-refractivity contribution in [1.29, 1.82) is 0 Å². The lowest BCUT2D eigenvalue weighted by Gasteiger charge is -2.36. The minimum atomic E-state index is -0.412. The van der Waals surface area contributed by atoms with Crippen LogP contribution in [-0.4, -0.2) is 61.5 Å². The van der Waals surface area contributed by atoms with Gasteiger partial charge in [-0.25, -0.2) is 4.68 Å². The fourth-order valence-electron chi connectivity index (χ4n) is 3.18. The number of nitrogens with one attached hydrogen (secondary N) is 1. The Balaban J connectivity index is 1.58. The summed E-state index contributed by atoms with van der Waals surface area (Å²) in [6.45, 7) is 2.96. The van der Waals surface area contributed by atoms with E-state index in [0.717, 1.165) is 36.5 Å². The van der Waals surface area contributed by atoms with Gasteiger partial charge in [-0.05, 0) is 24.3 Å². The molecule has 1 fully saturated rings. The van der Waals surface area contributed by atoms with Crippen LogP contribution >= 0.6 is 11.6 Å². The molecule has 1 aromatic heterocycles. The minimum Gasteiger partial charge on any atom is -0.469 e. The molecule has 1 saturated heterocycles. The summed E-state index contributed by atoms with van der Waals surface area (Å²) in [5.74, 6) is -0.163. The molecule has 1 amide bonds. The van der Waals surface area contributed by atoms with Crippen molar-refractivity contribution in [2.24, 2.45) is 0 Å². The van der Waals surface area contributed by atoms with E-state index in [1.165, 1.54) is 13.2 Å². The van der Waals surface area contributed by atoms with Crippen molar-refractivity contribution in [2.75, 3.05) is 49.6 Å². The largest absolute Gasteiger partial charge is 0.469 e. The van der Waals surface area contributed by atoms with E-state index in [2.05, 4.69) is 25.0 Å². The number of ether oxygens (including phenoxy) is 1. The zero-order chi connectivity index (χ0) is 21.5. The van der Waals surface area contributed by atoms with Gasteiger partial charge >= 0.3 is 5.97 Å². The molecule has 9 nitrogen and oxygen atoms in total. The summed E-state index contributed by atoms with van der Waals surface area (Å²) in [6.07, 6.45) is 0.0709. The summed E-state index contributed by atoms with van der Waals surface area (Å²) < 4.78 is 5.65. The highest BCUT2D eigenvalue weighted by Crippen LogP contribution is 2.22. The molecule has 30 heavy (non-hydrogen) atoms. The first-order chi connectivity index (χ1) is 14.5. The number of benzene rings is 1. The molecule has 2 heterocycles. The Morgan fingerprint density at radius 2 is 1.87 bits per heavy atom. The van der Waals surface area contributed by atoms with E-state index in [1.807, 2.05) is 24.3 Å². The first-order valence-corrected chi connectivity index (χ1v) is 10.0. The van der Waals surface area contributed by atoms with Crippen molar-refractivity contribution in [3.05, 3.63) is 51.8 Å². The van der Waals surface area contributed by atoms with Crippen LogP contribution in [0.25, 0.3) is 0 Å². The fourth-order valence-corrected chi connectivity index (χ4v) is 3.37. The number of amides is 1. The van der Waals surface area contributed by atoms with Gasteiger partial charge in [-0.2, -0.15) is 5.10 Å². The number of esters is 1. The Hall–Kier alpha value is -3.07. The molecular formula is C20H24ClN5O4. The molecule has 0 bridgehead atoms. The van der Waals surface area contributed by atoms with Crippen molar-refractivity contribution in [3.63, 3.8) is 0 Å². The Morgan fingerprint density at radius 3 is 2.57 bits per heavy atom. The zero-order valence-electron chi connectivity index (χ0n) is 16.7. The average molecular weight is 434 g/mol. The van der Waals surface area contributed by atoms with E-state index in [9.17, 15) is 14.4 Å². The second-order valence-corrected chi connectivity index (χ2v) is 7.25. The Kier molecular flexibility index (Phi) is 7.29. The lowest BCUT2D eigenvalue weighted by Crippen LogP contribution is -2.47. The summed E-state index contributed by atoms with van der Waals surface area (Å²) >= 11 is 6.08. The van der Waals surface area contributed by atoms with E-state index >= 15 is 0 Å². The highest BCUT2D eigenvalue weighted by atomic mass is 35.5. The lowest BCUT2D eigenvalue weighted by molar-refractivity contribution is -0.140. The van der Waals surface area contributed by atoms with Crippen LogP contribution in [-0.2, 0) is 20.9 Å². The molecule has 1 aromatic carbocycles. The Labute approximate surface area is 179 Å². The van der Waals surface area contributed by atoms with Gasteiger partial charge in [-0.1, -0.05) is 17.7 Å². The van der Waals surface area contributed by atoms with E-state index in [1.54, 1.807) is 6.07 Å². The number of carbonyl (C=O) groups is 2. The van der Waals surface area contributed by atoms with E-state index in [0.29, 0.717) is 10.8 Å². The van der Waals surface area contributed by atoms with Gasteiger partial charge in [0, 0.05) is 49.5 Å². The zero-order valence-corrected chi connectivity index (χ0v) is 17.5. The van der Waals surface area contributed by atoms with Gasteiger partial charge in [-0.15, -0.1) is 0 Å². The summed E-state index contributed by atoms with van der Waals surface area (Å²) in [4.78, 5) is 39.6. The van der Waals surface area contributed by atoms with Crippen LogP contribution in [0.1, 0.15) is 6.42 Å². The molecule has 0 unspecified atom stereocenters. The molecule has 2 aromatic rings. The Bertz CT molecular complexity index is 956. The molecule has 3 rings (SSSR count). The molecule has 0 atom stereocenters. The summed E-state index contributed by atoms with van der Waals surface area (Å²) in [7, 11) is 1.29. The van der Waals surface area contributed by atoms with Crippen LogP contribution in [0.5, 0.6) is 0 Å². The number of methoxy groups -OCH3 is 1. The average Bonchev–Trinajstić information content (AvgIpc) is 2.75. The van der Waals surface area contributed by atoms with Gasteiger partial charge in [0.15, 0.2) is 0 Å². The molecule has 1 aliphatic rings. The van der Waals surface area contributed by atoms with Crippen molar-refractivity contribution < 1.29 is 14.3 Å². The third-order valence-electron chi connectivity index (χ3n) is 4.80. The number of nitrogens with zero attached hydrogens (tertiary/aromatic N) is 4. The van der Waals surface area contributed by atoms with Crippen LogP contribution in [0.15, 0.2) is 41.2 Å². The van der Waals surface area contributed by atoms with E-state index in [-0.39, 0.29) is 25.1 Å².